The van der Waals surface area contributed by atoms with Crippen molar-refractivity contribution in [2.24, 2.45) is 0 Å². The summed E-state index contributed by atoms with van der Waals surface area (Å²) in [6.07, 6.45) is 3.19. The third-order valence-electron chi connectivity index (χ3n) is 2.54. The lowest BCUT2D eigenvalue weighted by Crippen LogP contribution is -1.94. The van der Waals surface area contributed by atoms with Gasteiger partial charge in [-0.05, 0) is 6.07 Å². The molecule has 0 spiro atoms. The van der Waals surface area contributed by atoms with E-state index in [1.807, 2.05) is 24.3 Å². The molecule has 0 aliphatic rings. The molecule has 0 radical (unpaired) electrons. The number of hydrogen-bond donors (Lipinski definition) is 2. The number of carbonyl (C=O) groups is 1. The van der Waals surface area contributed by atoms with Crippen LogP contribution in [-0.2, 0) is 0 Å². The van der Waals surface area contributed by atoms with Crippen LogP contribution in [0, 0.1) is 0 Å². The third kappa shape index (κ3) is 1.48. The number of hydrogen-bond acceptors (Lipinski definition) is 3. The summed E-state index contributed by atoms with van der Waals surface area (Å²) < 4.78 is 5.17. The summed E-state index contributed by atoms with van der Waals surface area (Å²) >= 11 is 0. The largest absolute Gasteiger partial charge is 0.474 e. The molecule has 0 saturated heterocycles. The van der Waals surface area contributed by atoms with E-state index in [4.69, 9.17) is 9.52 Å². The molecule has 0 saturated carbocycles. The van der Waals surface area contributed by atoms with Crippen LogP contribution in [0.5, 0.6) is 0 Å². The molecule has 3 aromatic rings. The van der Waals surface area contributed by atoms with Gasteiger partial charge in [-0.25, -0.2) is 9.78 Å². The number of carboxylic acids is 1. The molecule has 5 nitrogen and oxygen atoms in total. The van der Waals surface area contributed by atoms with E-state index in [9.17, 15) is 4.79 Å². The van der Waals surface area contributed by atoms with Crippen molar-refractivity contribution < 1.29 is 14.3 Å². The Bertz CT molecular complexity index is 696. The van der Waals surface area contributed by atoms with E-state index in [0.717, 1.165) is 16.5 Å². The van der Waals surface area contributed by atoms with Gasteiger partial charge >= 0.3 is 11.9 Å². The van der Waals surface area contributed by atoms with Gasteiger partial charge in [0.25, 0.3) is 0 Å². The second kappa shape index (κ2) is 3.48. The molecule has 0 aliphatic heterocycles. The SMILES string of the molecule is O=C(O)c1ncc(-c2c[nH]c3ccccc23)o1. The number of benzene rings is 1. The zero-order valence-electron chi connectivity index (χ0n) is 8.68. The minimum atomic E-state index is -1.17. The fraction of sp³-hybridized carbons (Fsp3) is 0. The van der Waals surface area contributed by atoms with E-state index in [1.54, 1.807) is 6.20 Å². The minimum Gasteiger partial charge on any atom is -0.474 e. The molecule has 17 heavy (non-hydrogen) atoms. The average molecular weight is 228 g/mol. The van der Waals surface area contributed by atoms with Gasteiger partial charge in [0.1, 0.15) is 0 Å². The number of para-hydroxylation sites is 1. The van der Waals surface area contributed by atoms with Crippen molar-refractivity contribution in [3.05, 3.63) is 42.5 Å². The number of aromatic amines is 1. The van der Waals surface area contributed by atoms with Crippen LogP contribution in [0.1, 0.15) is 10.7 Å². The molecular weight excluding hydrogens is 220 g/mol. The van der Waals surface area contributed by atoms with Crippen molar-refractivity contribution in [3.63, 3.8) is 0 Å². The summed E-state index contributed by atoms with van der Waals surface area (Å²) in [6.45, 7) is 0. The van der Waals surface area contributed by atoms with Crippen LogP contribution in [0.25, 0.3) is 22.2 Å². The number of nitrogens with zero attached hydrogens (tertiary/aromatic N) is 1. The van der Waals surface area contributed by atoms with E-state index in [2.05, 4.69) is 9.97 Å². The van der Waals surface area contributed by atoms with Gasteiger partial charge in [0.2, 0.25) is 0 Å². The van der Waals surface area contributed by atoms with Crippen LogP contribution >= 0.6 is 0 Å². The molecule has 0 unspecified atom stereocenters. The summed E-state index contributed by atoms with van der Waals surface area (Å²) in [7, 11) is 0. The highest BCUT2D eigenvalue weighted by molar-refractivity contribution is 5.94. The van der Waals surface area contributed by atoms with Crippen LogP contribution in [0.3, 0.4) is 0 Å². The van der Waals surface area contributed by atoms with Crippen molar-refractivity contribution in [2.75, 3.05) is 0 Å². The molecule has 0 fully saturated rings. The molecule has 2 heterocycles. The monoisotopic (exact) mass is 228 g/mol. The number of nitrogens with one attached hydrogen (secondary N) is 1. The van der Waals surface area contributed by atoms with Crippen molar-refractivity contribution in [3.8, 4) is 11.3 Å². The van der Waals surface area contributed by atoms with Gasteiger partial charge in [-0.1, -0.05) is 18.2 Å². The smallest absolute Gasteiger partial charge is 0.392 e. The van der Waals surface area contributed by atoms with Crippen LogP contribution in [-0.4, -0.2) is 21.0 Å². The fourth-order valence-corrected chi connectivity index (χ4v) is 1.77. The van der Waals surface area contributed by atoms with Gasteiger partial charge in [-0.2, -0.15) is 0 Å². The summed E-state index contributed by atoms with van der Waals surface area (Å²) in [4.78, 5) is 17.5. The van der Waals surface area contributed by atoms with Crippen molar-refractivity contribution in [2.45, 2.75) is 0 Å². The second-order valence-corrected chi connectivity index (χ2v) is 3.58. The van der Waals surface area contributed by atoms with Crippen LogP contribution < -0.4 is 0 Å². The van der Waals surface area contributed by atoms with E-state index in [1.165, 1.54) is 6.20 Å². The molecule has 0 atom stereocenters. The lowest BCUT2D eigenvalue weighted by atomic mass is 10.1. The highest BCUT2D eigenvalue weighted by Crippen LogP contribution is 2.28. The van der Waals surface area contributed by atoms with E-state index < -0.39 is 5.97 Å². The molecular formula is C12H8N2O3. The molecule has 84 valence electrons. The van der Waals surface area contributed by atoms with Gasteiger partial charge in [0.05, 0.1) is 6.20 Å². The Morgan fingerprint density at radius 3 is 2.94 bits per heavy atom. The van der Waals surface area contributed by atoms with Gasteiger partial charge in [0.15, 0.2) is 5.76 Å². The Labute approximate surface area is 95.7 Å². The molecule has 2 aromatic heterocycles. The number of carboxylic acid groups (broad SMARTS) is 1. The molecule has 0 amide bonds. The maximum atomic E-state index is 10.7. The highest BCUT2D eigenvalue weighted by Gasteiger charge is 2.14. The Kier molecular flexibility index (Phi) is 1.98. The third-order valence-corrected chi connectivity index (χ3v) is 2.54. The molecule has 0 bridgehead atoms. The first-order valence-electron chi connectivity index (χ1n) is 5.01. The maximum Gasteiger partial charge on any atom is 0.392 e. The van der Waals surface area contributed by atoms with E-state index in [0.29, 0.717) is 5.76 Å². The highest BCUT2D eigenvalue weighted by atomic mass is 16.4. The summed E-state index contributed by atoms with van der Waals surface area (Å²) in [5.41, 5.74) is 1.77. The lowest BCUT2D eigenvalue weighted by molar-refractivity contribution is 0.0654. The maximum absolute atomic E-state index is 10.7. The molecule has 2 N–H and O–H groups in total. The summed E-state index contributed by atoms with van der Waals surface area (Å²) in [5, 5.41) is 9.72. The Morgan fingerprint density at radius 1 is 1.35 bits per heavy atom. The predicted molar refractivity (Wildman–Crippen MR) is 60.8 cm³/mol. The topological polar surface area (TPSA) is 79.1 Å². The van der Waals surface area contributed by atoms with E-state index in [-0.39, 0.29) is 5.89 Å². The Morgan fingerprint density at radius 2 is 2.18 bits per heavy atom. The first-order valence-corrected chi connectivity index (χ1v) is 5.01. The molecule has 0 aliphatic carbocycles. The summed E-state index contributed by atoms with van der Waals surface area (Å²) in [5.74, 6) is -1.03. The van der Waals surface area contributed by atoms with E-state index >= 15 is 0 Å². The minimum absolute atomic E-state index is 0.301. The number of fused-ring (bicyclic) bond motifs is 1. The second-order valence-electron chi connectivity index (χ2n) is 3.58. The zero-order chi connectivity index (χ0) is 11.8. The Hall–Kier alpha value is -2.56. The number of aromatic carboxylic acids is 1. The number of rotatable bonds is 2. The number of H-pyrrole nitrogens is 1. The van der Waals surface area contributed by atoms with Crippen LogP contribution in [0.15, 0.2) is 41.1 Å². The molecule has 5 heteroatoms. The number of aromatic nitrogens is 2. The van der Waals surface area contributed by atoms with Gasteiger partial charge in [0, 0.05) is 22.7 Å². The van der Waals surface area contributed by atoms with Crippen molar-refractivity contribution >= 4 is 16.9 Å². The quantitative estimate of drug-likeness (QED) is 0.706. The predicted octanol–water partition coefficient (Wildman–Crippen LogP) is 2.52. The average Bonchev–Trinajstić information content (AvgIpc) is 2.95. The van der Waals surface area contributed by atoms with Crippen LogP contribution in [0.2, 0.25) is 0 Å². The number of oxazole rings is 1. The first kappa shape index (κ1) is 9.65. The lowest BCUT2D eigenvalue weighted by Gasteiger charge is -1.92. The Balaban J connectivity index is 2.17. The van der Waals surface area contributed by atoms with Crippen molar-refractivity contribution in [1.29, 1.82) is 0 Å². The zero-order valence-corrected chi connectivity index (χ0v) is 8.68. The molecule has 3 rings (SSSR count). The summed E-state index contributed by atoms with van der Waals surface area (Å²) in [6, 6.07) is 7.71. The normalized spacial score (nSPS) is 10.8. The molecule has 1 aromatic carbocycles. The fourth-order valence-electron chi connectivity index (χ4n) is 1.77. The standard InChI is InChI=1S/C12H8N2O3/c15-12(16)11-14-6-10(17-11)8-5-13-9-4-2-1-3-7(8)9/h1-6,13H,(H,15,16). The first-order chi connectivity index (χ1) is 8.25. The van der Waals surface area contributed by atoms with Gasteiger partial charge < -0.3 is 14.5 Å². The van der Waals surface area contributed by atoms with Gasteiger partial charge in [-0.3, -0.25) is 0 Å². The van der Waals surface area contributed by atoms with Gasteiger partial charge in [-0.15, -0.1) is 0 Å². The van der Waals surface area contributed by atoms with Crippen molar-refractivity contribution in [1.82, 2.24) is 9.97 Å². The van der Waals surface area contributed by atoms with Crippen LogP contribution in [0.4, 0.5) is 0 Å².